The first-order valence-corrected chi connectivity index (χ1v) is 9.38. The van der Waals surface area contributed by atoms with Gasteiger partial charge in [0.05, 0.1) is 13.0 Å². The highest BCUT2D eigenvalue weighted by atomic mass is 16.5. The molecule has 1 heterocycles. The number of carbonyl (C=O) groups is 2. The highest BCUT2D eigenvalue weighted by molar-refractivity contribution is 5.84. The fourth-order valence-corrected chi connectivity index (χ4v) is 3.31. The first kappa shape index (κ1) is 20.0. The summed E-state index contributed by atoms with van der Waals surface area (Å²) in [5.74, 6) is -0.245. The van der Waals surface area contributed by atoms with Crippen LogP contribution in [0.1, 0.15) is 39.2 Å². The molecule has 1 aromatic heterocycles. The van der Waals surface area contributed by atoms with Crippen LogP contribution < -0.4 is 0 Å². The molecule has 2 aromatic rings. The molecule has 1 atom stereocenters. The number of amides is 1. The second kappa shape index (κ2) is 9.41. The topological polar surface area (TPSA) is 62.4 Å². The van der Waals surface area contributed by atoms with Gasteiger partial charge < -0.3 is 14.6 Å². The van der Waals surface area contributed by atoms with Crippen LogP contribution in [0.5, 0.6) is 0 Å². The van der Waals surface area contributed by atoms with Crippen LogP contribution in [0.4, 0.5) is 0 Å². The summed E-state index contributed by atoms with van der Waals surface area (Å²) in [4.78, 5) is 29.7. The van der Waals surface area contributed by atoms with E-state index in [9.17, 15) is 9.59 Å². The quantitative estimate of drug-likeness (QED) is 0.694. The monoisotopic (exact) mass is 358 g/mol. The summed E-state index contributed by atoms with van der Waals surface area (Å²) >= 11 is 0. The number of rotatable bonds is 9. The molecule has 1 amide bonds. The molecule has 26 heavy (non-hydrogen) atoms. The number of esters is 1. The Labute approximate surface area is 155 Å². The molecule has 0 aliphatic carbocycles. The third kappa shape index (κ3) is 5.35. The Bertz CT molecular complexity index is 736. The minimum atomic E-state index is -0.318. The molecule has 0 aliphatic rings. The van der Waals surface area contributed by atoms with E-state index in [0.717, 1.165) is 11.9 Å². The molecule has 0 saturated carbocycles. The number of carbonyl (C=O) groups excluding carboxylic acids is 2. The van der Waals surface area contributed by atoms with Crippen LogP contribution in [0.2, 0.25) is 0 Å². The zero-order valence-corrected chi connectivity index (χ0v) is 16.2. The van der Waals surface area contributed by atoms with E-state index in [-0.39, 0.29) is 24.2 Å². The van der Waals surface area contributed by atoms with E-state index in [1.165, 1.54) is 10.9 Å². The molecule has 5 heteroatoms. The number of likely N-dealkylation sites (N-methyl/N-ethyl adjacent to an activating group) is 1. The third-order valence-electron chi connectivity index (χ3n) is 4.59. The fraction of sp³-hybridized carbons (Fsp3) is 0.524. The standard InChI is InChI=1S/C21H30N2O3/c1-5-26-20(24)13-17(12-15(2)3)21(25)23(4)11-10-16-14-22-19-9-7-6-8-18(16)19/h6-9,14-15,17,22H,5,10-13H2,1-4H3. The summed E-state index contributed by atoms with van der Waals surface area (Å²) in [7, 11) is 1.82. The van der Waals surface area contributed by atoms with Gasteiger partial charge in [-0.3, -0.25) is 9.59 Å². The number of aromatic nitrogens is 1. The second-order valence-electron chi connectivity index (χ2n) is 7.20. The van der Waals surface area contributed by atoms with Crippen molar-refractivity contribution < 1.29 is 14.3 Å². The van der Waals surface area contributed by atoms with Crippen molar-refractivity contribution >= 4 is 22.8 Å². The van der Waals surface area contributed by atoms with Gasteiger partial charge >= 0.3 is 5.97 Å². The Hall–Kier alpha value is -2.30. The fourth-order valence-electron chi connectivity index (χ4n) is 3.31. The van der Waals surface area contributed by atoms with Gasteiger partial charge in [-0.05, 0) is 37.3 Å². The zero-order chi connectivity index (χ0) is 19.1. The largest absolute Gasteiger partial charge is 0.466 e. The molecule has 0 radical (unpaired) electrons. The molecule has 0 aliphatic heterocycles. The predicted molar refractivity (Wildman–Crippen MR) is 104 cm³/mol. The lowest BCUT2D eigenvalue weighted by Crippen LogP contribution is -2.36. The number of hydrogen-bond donors (Lipinski definition) is 1. The highest BCUT2D eigenvalue weighted by Crippen LogP contribution is 2.21. The lowest BCUT2D eigenvalue weighted by molar-refractivity contribution is -0.148. The number of para-hydroxylation sites is 1. The molecule has 0 saturated heterocycles. The molecule has 0 bridgehead atoms. The van der Waals surface area contributed by atoms with E-state index < -0.39 is 0 Å². The first-order chi connectivity index (χ1) is 12.4. The zero-order valence-electron chi connectivity index (χ0n) is 16.2. The van der Waals surface area contributed by atoms with Crippen LogP contribution in [0.25, 0.3) is 10.9 Å². The van der Waals surface area contributed by atoms with Crippen LogP contribution in [0.15, 0.2) is 30.5 Å². The minimum Gasteiger partial charge on any atom is -0.466 e. The molecular formula is C21H30N2O3. The van der Waals surface area contributed by atoms with Crippen molar-refractivity contribution in [1.29, 1.82) is 0 Å². The summed E-state index contributed by atoms with van der Waals surface area (Å²) in [5.41, 5.74) is 2.31. The van der Waals surface area contributed by atoms with Gasteiger partial charge in [0.2, 0.25) is 5.91 Å². The Morgan fingerprint density at radius 1 is 1.23 bits per heavy atom. The molecule has 5 nitrogen and oxygen atoms in total. The molecular weight excluding hydrogens is 328 g/mol. The summed E-state index contributed by atoms with van der Waals surface area (Å²) in [6.45, 7) is 6.88. The van der Waals surface area contributed by atoms with E-state index >= 15 is 0 Å². The van der Waals surface area contributed by atoms with Crippen LogP contribution >= 0.6 is 0 Å². The minimum absolute atomic E-state index is 0.0200. The van der Waals surface area contributed by atoms with Crippen LogP contribution in [-0.4, -0.2) is 42.0 Å². The molecule has 1 unspecified atom stereocenters. The van der Waals surface area contributed by atoms with Crippen molar-refractivity contribution in [2.24, 2.45) is 11.8 Å². The van der Waals surface area contributed by atoms with Crippen molar-refractivity contribution in [2.45, 2.75) is 40.0 Å². The summed E-state index contributed by atoms with van der Waals surface area (Å²) in [6.07, 6.45) is 3.63. The van der Waals surface area contributed by atoms with Crippen molar-refractivity contribution in [2.75, 3.05) is 20.2 Å². The number of nitrogens with one attached hydrogen (secondary N) is 1. The van der Waals surface area contributed by atoms with Crippen LogP contribution in [-0.2, 0) is 20.7 Å². The normalized spacial score (nSPS) is 12.3. The number of hydrogen-bond acceptors (Lipinski definition) is 3. The van der Waals surface area contributed by atoms with Crippen molar-refractivity contribution in [3.8, 4) is 0 Å². The molecule has 2 rings (SSSR count). The lowest BCUT2D eigenvalue weighted by Gasteiger charge is -2.24. The van der Waals surface area contributed by atoms with Crippen LogP contribution in [0, 0.1) is 11.8 Å². The Morgan fingerprint density at radius 3 is 2.65 bits per heavy atom. The van der Waals surface area contributed by atoms with E-state index in [4.69, 9.17) is 4.74 Å². The number of fused-ring (bicyclic) bond motifs is 1. The van der Waals surface area contributed by atoms with E-state index in [1.807, 2.05) is 31.4 Å². The van der Waals surface area contributed by atoms with Crippen molar-refractivity contribution in [3.63, 3.8) is 0 Å². The summed E-state index contributed by atoms with van der Waals surface area (Å²) in [6, 6.07) is 8.16. The van der Waals surface area contributed by atoms with E-state index in [1.54, 1.807) is 11.8 Å². The number of ether oxygens (including phenoxy) is 1. The first-order valence-electron chi connectivity index (χ1n) is 9.38. The van der Waals surface area contributed by atoms with Gasteiger partial charge in [-0.1, -0.05) is 32.0 Å². The van der Waals surface area contributed by atoms with Crippen molar-refractivity contribution in [3.05, 3.63) is 36.0 Å². The maximum atomic E-state index is 12.9. The summed E-state index contributed by atoms with van der Waals surface area (Å²) in [5, 5.41) is 1.19. The average molecular weight is 358 g/mol. The molecule has 142 valence electrons. The smallest absolute Gasteiger partial charge is 0.306 e. The average Bonchev–Trinajstić information content (AvgIpc) is 3.01. The van der Waals surface area contributed by atoms with Gasteiger partial charge in [-0.25, -0.2) is 0 Å². The summed E-state index contributed by atoms with van der Waals surface area (Å²) < 4.78 is 5.04. The number of aromatic amines is 1. The Kier molecular flexibility index (Phi) is 7.25. The second-order valence-corrected chi connectivity index (χ2v) is 7.20. The molecule has 0 fully saturated rings. The molecule has 0 spiro atoms. The van der Waals surface area contributed by atoms with Gasteiger partial charge in [0, 0.05) is 36.6 Å². The molecule has 1 aromatic carbocycles. The van der Waals surface area contributed by atoms with Crippen molar-refractivity contribution in [1.82, 2.24) is 9.88 Å². The maximum Gasteiger partial charge on any atom is 0.306 e. The number of nitrogens with zero attached hydrogens (tertiary/aromatic N) is 1. The van der Waals surface area contributed by atoms with Gasteiger partial charge in [-0.2, -0.15) is 0 Å². The third-order valence-corrected chi connectivity index (χ3v) is 4.59. The number of H-pyrrole nitrogens is 1. The number of benzene rings is 1. The van der Waals surface area contributed by atoms with Gasteiger partial charge in [0.1, 0.15) is 0 Å². The van der Waals surface area contributed by atoms with E-state index in [0.29, 0.717) is 25.5 Å². The SMILES string of the molecule is CCOC(=O)CC(CC(C)C)C(=O)N(C)CCc1c[nH]c2ccccc12. The van der Waals surface area contributed by atoms with Gasteiger partial charge in [0.15, 0.2) is 0 Å². The lowest BCUT2D eigenvalue weighted by atomic mass is 9.92. The van der Waals surface area contributed by atoms with Gasteiger partial charge in [0.25, 0.3) is 0 Å². The Morgan fingerprint density at radius 2 is 1.96 bits per heavy atom. The van der Waals surface area contributed by atoms with E-state index in [2.05, 4.69) is 24.9 Å². The predicted octanol–water partition coefficient (Wildman–Crippen LogP) is 3.78. The maximum absolute atomic E-state index is 12.9. The molecule has 1 N–H and O–H groups in total. The Balaban J connectivity index is 1.99. The highest BCUT2D eigenvalue weighted by Gasteiger charge is 2.26. The van der Waals surface area contributed by atoms with Gasteiger partial charge in [-0.15, -0.1) is 0 Å². The van der Waals surface area contributed by atoms with Crippen LogP contribution in [0.3, 0.4) is 0 Å².